The summed E-state index contributed by atoms with van der Waals surface area (Å²) in [5.74, 6) is -0.457. The molecule has 0 aliphatic heterocycles. The van der Waals surface area contributed by atoms with Crippen LogP contribution in [0.4, 0.5) is 0 Å². The van der Waals surface area contributed by atoms with Crippen molar-refractivity contribution in [1.29, 1.82) is 0 Å². The molecule has 0 atom stereocenters. The van der Waals surface area contributed by atoms with Crippen LogP contribution in [0.3, 0.4) is 0 Å². The van der Waals surface area contributed by atoms with Crippen molar-refractivity contribution in [2.45, 2.75) is 0 Å². The topological polar surface area (TPSA) is 115 Å². The molecule has 8 nitrogen and oxygen atoms in total. The minimum Gasteiger partial charge on any atom is -0.716 e. The van der Waals surface area contributed by atoms with Gasteiger partial charge in [-0.1, -0.05) is 0 Å². The minimum atomic E-state index is -5.02. The molecule has 0 aliphatic rings. The molecule has 2 rings (SSSR count). The summed E-state index contributed by atoms with van der Waals surface area (Å²) >= 11 is 0. The third-order valence-corrected chi connectivity index (χ3v) is 2.78. The standard InChI is InChI=1S/C11H10O8S.K/c1-16-10-6-3-4-9(12)18-7(6)5-8(11(10)17-2)19-20(13,14)15;/h3-5H,1-2H3,(H,13,14,15);/q;+1/p-1. The third-order valence-electron chi connectivity index (χ3n) is 2.40. The fourth-order valence-electron chi connectivity index (χ4n) is 1.71. The van der Waals surface area contributed by atoms with E-state index in [2.05, 4.69) is 4.18 Å². The first-order chi connectivity index (χ1) is 9.35. The number of benzene rings is 1. The van der Waals surface area contributed by atoms with E-state index in [1.807, 2.05) is 0 Å². The van der Waals surface area contributed by atoms with Gasteiger partial charge in [0.2, 0.25) is 5.75 Å². The number of fused-ring (bicyclic) bond motifs is 1. The first-order valence-electron chi connectivity index (χ1n) is 5.20. The second-order valence-corrected chi connectivity index (χ2v) is 4.58. The van der Waals surface area contributed by atoms with Crippen LogP contribution < -0.4 is 70.7 Å². The molecule has 1 heterocycles. The predicted molar refractivity (Wildman–Crippen MR) is 65.9 cm³/mol. The van der Waals surface area contributed by atoms with Crippen LogP contribution in [0.1, 0.15) is 0 Å². The van der Waals surface area contributed by atoms with Gasteiger partial charge in [-0.25, -0.2) is 13.2 Å². The van der Waals surface area contributed by atoms with Gasteiger partial charge >= 0.3 is 57.0 Å². The molecule has 0 saturated carbocycles. The Labute approximate surface area is 162 Å². The van der Waals surface area contributed by atoms with Gasteiger partial charge in [0.1, 0.15) is 5.58 Å². The summed E-state index contributed by atoms with van der Waals surface area (Å²) in [5.41, 5.74) is -0.658. The zero-order valence-corrected chi connectivity index (χ0v) is 15.3. The van der Waals surface area contributed by atoms with Crippen molar-refractivity contribution in [3.63, 3.8) is 0 Å². The number of methoxy groups -OCH3 is 2. The Morgan fingerprint density at radius 2 is 1.76 bits per heavy atom. The Balaban J connectivity index is 0.00000220. The second kappa shape index (κ2) is 7.09. The molecule has 0 saturated heterocycles. The Bertz CT molecular complexity index is 811. The van der Waals surface area contributed by atoms with E-state index in [4.69, 9.17) is 13.9 Å². The summed E-state index contributed by atoms with van der Waals surface area (Å²) in [4.78, 5) is 11.2. The average molecular weight is 340 g/mol. The smallest absolute Gasteiger partial charge is 0.716 e. The Morgan fingerprint density at radius 3 is 2.29 bits per heavy atom. The van der Waals surface area contributed by atoms with Crippen LogP contribution in [-0.2, 0) is 10.4 Å². The van der Waals surface area contributed by atoms with Gasteiger partial charge < -0.3 is 22.6 Å². The normalized spacial score (nSPS) is 10.8. The molecule has 0 radical (unpaired) electrons. The van der Waals surface area contributed by atoms with Crippen LogP contribution in [0.25, 0.3) is 11.0 Å². The van der Waals surface area contributed by atoms with E-state index in [1.165, 1.54) is 20.3 Å². The molecular weight excluding hydrogens is 331 g/mol. The van der Waals surface area contributed by atoms with Crippen molar-refractivity contribution >= 4 is 21.4 Å². The summed E-state index contributed by atoms with van der Waals surface area (Å²) in [7, 11) is -2.47. The van der Waals surface area contributed by atoms with Crippen LogP contribution >= 0.6 is 0 Å². The van der Waals surface area contributed by atoms with Gasteiger partial charge in [-0.15, -0.1) is 0 Å². The maximum absolute atomic E-state index is 11.2. The van der Waals surface area contributed by atoms with Crippen LogP contribution in [0.5, 0.6) is 17.2 Å². The summed E-state index contributed by atoms with van der Waals surface area (Å²) < 4.78 is 51.3. The molecule has 0 spiro atoms. The number of ether oxygens (including phenoxy) is 2. The van der Waals surface area contributed by atoms with Crippen molar-refractivity contribution in [2.24, 2.45) is 0 Å². The summed E-state index contributed by atoms with van der Waals surface area (Å²) in [5, 5.41) is 0.361. The molecule has 1 aromatic carbocycles. The maximum atomic E-state index is 11.2. The van der Waals surface area contributed by atoms with Crippen molar-refractivity contribution in [2.75, 3.05) is 14.2 Å². The van der Waals surface area contributed by atoms with Crippen molar-refractivity contribution in [3.05, 3.63) is 28.6 Å². The Morgan fingerprint density at radius 1 is 1.14 bits per heavy atom. The van der Waals surface area contributed by atoms with E-state index in [0.29, 0.717) is 5.39 Å². The zero-order valence-electron chi connectivity index (χ0n) is 11.4. The van der Waals surface area contributed by atoms with Gasteiger partial charge in [0.05, 0.1) is 19.6 Å². The van der Waals surface area contributed by atoms with Gasteiger partial charge in [-0.2, -0.15) is 0 Å². The van der Waals surface area contributed by atoms with E-state index in [-0.39, 0.29) is 68.5 Å². The van der Waals surface area contributed by atoms with E-state index < -0.39 is 21.8 Å². The number of hydrogen-bond donors (Lipinski definition) is 0. The number of rotatable bonds is 4. The monoisotopic (exact) mass is 340 g/mol. The molecule has 0 bridgehead atoms. The molecule has 0 N–H and O–H groups in total. The first-order valence-corrected chi connectivity index (χ1v) is 6.53. The largest absolute Gasteiger partial charge is 1.00 e. The Hall–Kier alpha value is -0.624. The summed E-state index contributed by atoms with van der Waals surface area (Å²) in [6.45, 7) is 0. The molecule has 108 valence electrons. The van der Waals surface area contributed by atoms with Gasteiger partial charge in [0, 0.05) is 12.1 Å². The number of hydrogen-bond acceptors (Lipinski definition) is 8. The SMILES string of the molecule is COc1c(OS(=O)(=O)[O-])cc2oc(=O)ccc2c1OC.[K+]. The van der Waals surface area contributed by atoms with Crippen molar-refractivity contribution in [1.82, 2.24) is 0 Å². The molecule has 0 amide bonds. The Kier molecular flexibility index (Phi) is 6.22. The van der Waals surface area contributed by atoms with E-state index >= 15 is 0 Å². The first kappa shape index (κ1) is 18.4. The molecule has 0 aliphatic carbocycles. The van der Waals surface area contributed by atoms with Gasteiger partial charge in [-0.3, -0.25) is 0 Å². The minimum absolute atomic E-state index is 0. The van der Waals surface area contributed by atoms with Crippen LogP contribution in [-0.4, -0.2) is 27.2 Å². The molecule has 1 aromatic heterocycles. The van der Waals surface area contributed by atoms with Crippen LogP contribution in [0.15, 0.2) is 27.4 Å². The van der Waals surface area contributed by atoms with Gasteiger partial charge in [0.25, 0.3) is 10.4 Å². The maximum Gasteiger partial charge on any atom is 1.00 e. The van der Waals surface area contributed by atoms with Crippen LogP contribution in [0.2, 0.25) is 0 Å². The quantitative estimate of drug-likeness (QED) is 0.263. The summed E-state index contributed by atoms with van der Waals surface area (Å²) in [6, 6.07) is 3.64. The fourth-order valence-corrected chi connectivity index (χ4v) is 2.06. The molecule has 2 aromatic rings. The third kappa shape index (κ3) is 4.19. The fraction of sp³-hybridized carbons (Fsp3) is 0.182. The zero-order chi connectivity index (χ0) is 14.9. The van der Waals surface area contributed by atoms with Crippen molar-refractivity contribution < 1.29 is 82.4 Å². The molecule has 0 fully saturated rings. The molecular formula is C11H9KO8S. The van der Waals surface area contributed by atoms with E-state index in [9.17, 15) is 17.8 Å². The van der Waals surface area contributed by atoms with Gasteiger partial charge in [0.15, 0.2) is 11.5 Å². The van der Waals surface area contributed by atoms with E-state index in [1.54, 1.807) is 0 Å². The van der Waals surface area contributed by atoms with E-state index in [0.717, 1.165) is 12.1 Å². The molecule has 0 unspecified atom stereocenters. The van der Waals surface area contributed by atoms with Gasteiger partial charge in [-0.05, 0) is 6.07 Å². The predicted octanol–water partition coefficient (Wildman–Crippen LogP) is -2.35. The molecule has 10 heteroatoms. The second-order valence-electron chi connectivity index (χ2n) is 3.60. The molecule has 21 heavy (non-hydrogen) atoms. The van der Waals surface area contributed by atoms with Crippen LogP contribution in [0, 0.1) is 0 Å². The summed E-state index contributed by atoms with van der Waals surface area (Å²) in [6.07, 6.45) is 0. The van der Waals surface area contributed by atoms with Crippen molar-refractivity contribution in [3.8, 4) is 17.2 Å². The average Bonchev–Trinajstić information content (AvgIpc) is 2.34.